The van der Waals surface area contributed by atoms with Crippen LogP contribution in [0.2, 0.25) is 0 Å². The summed E-state index contributed by atoms with van der Waals surface area (Å²) < 4.78 is 11.1. The summed E-state index contributed by atoms with van der Waals surface area (Å²) in [6, 6.07) is 9.00. The van der Waals surface area contributed by atoms with Crippen molar-refractivity contribution in [3.63, 3.8) is 0 Å². The van der Waals surface area contributed by atoms with E-state index in [4.69, 9.17) is 9.47 Å². The van der Waals surface area contributed by atoms with Crippen LogP contribution in [0.4, 0.5) is 0 Å². The number of ether oxygens (including phenoxy) is 2. The molecule has 0 heterocycles. The van der Waals surface area contributed by atoms with E-state index >= 15 is 0 Å². The highest BCUT2D eigenvalue weighted by Gasteiger charge is 2.41. The van der Waals surface area contributed by atoms with Crippen molar-refractivity contribution in [1.29, 1.82) is 0 Å². The van der Waals surface area contributed by atoms with Gasteiger partial charge in [0.2, 0.25) is 0 Å². The fraction of sp³-hybridized carbons (Fsp3) is 0.600. The highest BCUT2D eigenvalue weighted by Crippen LogP contribution is 2.27. The Labute approximate surface area is 109 Å². The molecule has 0 bridgehead atoms. The average molecular weight is 249 g/mol. The molecule has 1 aliphatic rings. The molecule has 100 valence electrons. The number of nitrogens with one attached hydrogen (secondary N) is 1. The fourth-order valence-corrected chi connectivity index (χ4v) is 2.55. The summed E-state index contributed by atoms with van der Waals surface area (Å²) in [7, 11) is 1.76. The first-order valence-corrected chi connectivity index (χ1v) is 6.68. The van der Waals surface area contributed by atoms with Crippen LogP contribution in [0.5, 0.6) is 0 Å². The lowest BCUT2D eigenvalue weighted by Gasteiger charge is -2.43. The summed E-state index contributed by atoms with van der Waals surface area (Å²) in [6.07, 6.45) is 1.49. The van der Waals surface area contributed by atoms with E-state index in [1.54, 1.807) is 7.11 Å². The number of rotatable bonds is 6. The number of aryl methyl sites for hydroxylation is 1. The molecule has 18 heavy (non-hydrogen) atoms. The van der Waals surface area contributed by atoms with Gasteiger partial charge >= 0.3 is 0 Å². The first-order chi connectivity index (χ1) is 8.74. The minimum atomic E-state index is 0.190. The zero-order valence-electron chi connectivity index (χ0n) is 11.5. The summed E-state index contributed by atoms with van der Waals surface area (Å²) in [5.41, 5.74) is 2.63. The zero-order chi connectivity index (χ0) is 13.0. The lowest BCUT2D eigenvalue weighted by molar-refractivity contribution is -0.131. The van der Waals surface area contributed by atoms with Crippen molar-refractivity contribution in [2.45, 2.75) is 45.1 Å². The zero-order valence-corrected chi connectivity index (χ0v) is 11.5. The SMILES string of the molecule is CCOC1CC(NCc2cccc(C)c2)C1OC. The van der Waals surface area contributed by atoms with Gasteiger partial charge in [-0.15, -0.1) is 0 Å². The Hall–Kier alpha value is -0.900. The molecule has 0 aromatic heterocycles. The Bertz CT molecular complexity index is 381. The van der Waals surface area contributed by atoms with E-state index in [0.717, 1.165) is 19.6 Å². The summed E-state index contributed by atoms with van der Waals surface area (Å²) in [5, 5.41) is 3.55. The minimum absolute atomic E-state index is 0.190. The van der Waals surface area contributed by atoms with Gasteiger partial charge in [0.25, 0.3) is 0 Å². The maximum atomic E-state index is 5.62. The molecule has 2 rings (SSSR count). The van der Waals surface area contributed by atoms with E-state index in [-0.39, 0.29) is 12.2 Å². The first kappa shape index (κ1) is 13.5. The lowest BCUT2D eigenvalue weighted by Crippen LogP contribution is -2.59. The second kappa shape index (κ2) is 6.32. The molecule has 0 radical (unpaired) electrons. The third kappa shape index (κ3) is 3.10. The molecule has 3 atom stereocenters. The normalized spacial score (nSPS) is 26.9. The summed E-state index contributed by atoms with van der Waals surface area (Å²) in [4.78, 5) is 0. The van der Waals surface area contributed by atoms with Crippen LogP contribution in [-0.2, 0) is 16.0 Å². The minimum Gasteiger partial charge on any atom is -0.377 e. The van der Waals surface area contributed by atoms with E-state index in [1.165, 1.54) is 11.1 Å². The number of hydrogen-bond acceptors (Lipinski definition) is 3. The quantitative estimate of drug-likeness (QED) is 0.839. The van der Waals surface area contributed by atoms with Gasteiger partial charge in [-0.3, -0.25) is 0 Å². The topological polar surface area (TPSA) is 30.5 Å². The first-order valence-electron chi connectivity index (χ1n) is 6.68. The molecule has 3 unspecified atom stereocenters. The van der Waals surface area contributed by atoms with Crippen LogP contribution in [0.25, 0.3) is 0 Å². The molecule has 1 aromatic carbocycles. The fourth-order valence-electron chi connectivity index (χ4n) is 2.55. The standard InChI is InChI=1S/C15H23NO2/c1-4-18-14-9-13(15(14)17-3)16-10-12-7-5-6-11(2)8-12/h5-8,13-16H,4,9-10H2,1-3H3. The van der Waals surface area contributed by atoms with Crippen LogP contribution in [0.3, 0.4) is 0 Å². The molecular formula is C15H23NO2. The highest BCUT2D eigenvalue weighted by molar-refractivity contribution is 5.22. The average Bonchev–Trinajstić information content (AvgIpc) is 2.33. The van der Waals surface area contributed by atoms with Crippen LogP contribution in [0, 0.1) is 6.92 Å². The molecule has 3 heteroatoms. The molecule has 1 N–H and O–H groups in total. The number of benzene rings is 1. The van der Waals surface area contributed by atoms with Gasteiger partial charge in [0.15, 0.2) is 0 Å². The van der Waals surface area contributed by atoms with Crippen molar-refractivity contribution in [3.8, 4) is 0 Å². The molecule has 1 saturated carbocycles. The molecule has 0 spiro atoms. The Morgan fingerprint density at radius 3 is 2.89 bits per heavy atom. The Morgan fingerprint density at radius 1 is 1.39 bits per heavy atom. The Morgan fingerprint density at radius 2 is 2.22 bits per heavy atom. The maximum absolute atomic E-state index is 5.62. The monoisotopic (exact) mass is 249 g/mol. The Kier molecular flexibility index (Phi) is 4.75. The third-order valence-corrected chi connectivity index (χ3v) is 3.55. The molecule has 1 aromatic rings. The van der Waals surface area contributed by atoms with Crippen molar-refractivity contribution in [2.24, 2.45) is 0 Å². The molecule has 0 aliphatic heterocycles. The van der Waals surface area contributed by atoms with Crippen molar-refractivity contribution in [3.05, 3.63) is 35.4 Å². The van der Waals surface area contributed by atoms with Crippen LogP contribution in [0.1, 0.15) is 24.5 Å². The van der Waals surface area contributed by atoms with Gasteiger partial charge in [-0.2, -0.15) is 0 Å². The lowest BCUT2D eigenvalue weighted by atomic mass is 9.85. The predicted octanol–water partition coefficient (Wildman–Crippen LogP) is 2.28. The van der Waals surface area contributed by atoms with Gasteiger partial charge in [-0.05, 0) is 25.8 Å². The van der Waals surface area contributed by atoms with E-state index in [9.17, 15) is 0 Å². The van der Waals surface area contributed by atoms with E-state index in [0.29, 0.717) is 6.04 Å². The molecule has 1 fully saturated rings. The van der Waals surface area contributed by atoms with Crippen molar-refractivity contribution in [2.75, 3.05) is 13.7 Å². The third-order valence-electron chi connectivity index (χ3n) is 3.55. The van der Waals surface area contributed by atoms with Crippen LogP contribution in [-0.4, -0.2) is 32.0 Å². The van der Waals surface area contributed by atoms with Crippen LogP contribution >= 0.6 is 0 Å². The largest absolute Gasteiger partial charge is 0.377 e. The Balaban J connectivity index is 1.81. The summed E-state index contributed by atoms with van der Waals surface area (Å²) in [5.74, 6) is 0. The van der Waals surface area contributed by atoms with E-state index in [1.807, 2.05) is 6.92 Å². The maximum Gasteiger partial charge on any atom is 0.0986 e. The van der Waals surface area contributed by atoms with Crippen LogP contribution < -0.4 is 5.32 Å². The number of methoxy groups -OCH3 is 1. The van der Waals surface area contributed by atoms with Gasteiger partial charge in [-0.25, -0.2) is 0 Å². The van der Waals surface area contributed by atoms with Gasteiger partial charge < -0.3 is 14.8 Å². The number of hydrogen-bond donors (Lipinski definition) is 1. The van der Waals surface area contributed by atoms with Gasteiger partial charge in [0.05, 0.1) is 12.2 Å². The van der Waals surface area contributed by atoms with Gasteiger partial charge in [0.1, 0.15) is 0 Å². The van der Waals surface area contributed by atoms with Gasteiger partial charge in [0, 0.05) is 26.3 Å². The van der Waals surface area contributed by atoms with Gasteiger partial charge in [-0.1, -0.05) is 29.8 Å². The van der Waals surface area contributed by atoms with Crippen molar-refractivity contribution in [1.82, 2.24) is 5.32 Å². The highest BCUT2D eigenvalue weighted by atomic mass is 16.5. The van der Waals surface area contributed by atoms with Crippen LogP contribution in [0.15, 0.2) is 24.3 Å². The van der Waals surface area contributed by atoms with Crippen molar-refractivity contribution < 1.29 is 9.47 Å². The van der Waals surface area contributed by atoms with E-state index in [2.05, 4.69) is 36.5 Å². The molecular weight excluding hydrogens is 226 g/mol. The second-order valence-corrected chi connectivity index (χ2v) is 4.91. The van der Waals surface area contributed by atoms with Crippen molar-refractivity contribution >= 4 is 0 Å². The molecule has 0 saturated heterocycles. The summed E-state index contributed by atoms with van der Waals surface area (Å²) >= 11 is 0. The predicted molar refractivity (Wildman–Crippen MR) is 72.6 cm³/mol. The van der Waals surface area contributed by atoms with E-state index < -0.39 is 0 Å². The second-order valence-electron chi connectivity index (χ2n) is 4.91. The molecule has 0 amide bonds. The summed E-state index contributed by atoms with van der Waals surface area (Å²) in [6.45, 7) is 5.80. The molecule has 1 aliphatic carbocycles. The molecule has 3 nitrogen and oxygen atoms in total. The smallest absolute Gasteiger partial charge is 0.0986 e.